The van der Waals surface area contributed by atoms with Crippen LogP contribution in [0.4, 0.5) is 0 Å². The zero-order valence-corrected chi connectivity index (χ0v) is 13.4. The SMILES string of the molecule is CCC1CCC(NS(=O)(=O)Cc2ccccc2C#N)C1C. The molecular formula is C16H22N2O2S. The lowest BCUT2D eigenvalue weighted by atomic mass is 9.94. The summed E-state index contributed by atoms with van der Waals surface area (Å²) in [4.78, 5) is 0. The van der Waals surface area contributed by atoms with E-state index in [1.54, 1.807) is 24.3 Å². The molecule has 0 aromatic heterocycles. The van der Waals surface area contributed by atoms with E-state index >= 15 is 0 Å². The number of benzene rings is 1. The number of sulfonamides is 1. The third-order valence-corrected chi connectivity index (χ3v) is 5.92. The highest BCUT2D eigenvalue weighted by Gasteiger charge is 2.34. The van der Waals surface area contributed by atoms with Gasteiger partial charge in [0.25, 0.3) is 0 Å². The Balaban J connectivity index is 2.08. The van der Waals surface area contributed by atoms with Crippen LogP contribution in [-0.2, 0) is 15.8 Å². The van der Waals surface area contributed by atoms with Crippen molar-refractivity contribution in [3.05, 3.63) is 35.4 Å². The molecule has 0 spiro atoms. The van der Waals surface area contributed by atoms with E-state index in [1.165, 1.54) is 0 Å². The summed E-state index contributed by atoms with van der Waals surface area (Å²) in [7, 11) is -3.42. The van der Waals surface area contributed by atoms with Crippen molar-refractivity contribution in [3.8, 4) is 6.07 Å². The lowest BCUT2D eigenvalue weighted by Crippen LogP contribution is -2.38. The lowest BCUT2D eigenvalue weighted by Gasteiger charge is -2.21. The van der Waals surface area contributed by atoms with Gasteiger partial charge in [-0.1, -0.05) is 38.5 Å². The average Bonchev–Trinajstić information content (AvgIpc) is 2.79. The van der Waals surface area contributed by atoms with Crippen molar-refractivity contribution in [1.82, 2.24) is 4.72 Å². The molecule has 21 heavy (non-hydrogen) atoms. The van der Waals surface area contributed by atoms with E-state index in [2.05, 4.69) is 18.6 Å². The zero-order valence-electron chi connectivity index (χ0n) is 12.5. The molecule has 0 aliphatic heterocycles. The molecule has 114 valence electrons. The molecule has 1 aliphatic carbocycles. The Morgan fingerprint density at radius 2 is 2.05 bits per heavy atom. The third-order valence-electron chi connectivity index (χ3n) is 4.57. The summed E-state index contributed by atoms with van der Waals surface area (Å²) in [6.45, 7) is 4.28. The molecule has 3 unspecified atom stereocenters. The molecule has 5 heteroatoms. The van der Waals surface area contributed by atoms with E-state index in [1.807, 2.05) is 6.07 Å². The maximum atomic E-state index is 12.3. The van der Waals surface area contributed by atoms with Crippen molar-refractivity contribution in [3.63, 3.8) is 0 Å². The second kappa shape index (κ2) is 6.59. The fourth-order valence-corrected chi connectivity index (χ4v) is 4.76. The van der Waals surface area contributed by atoms with Gasteiger partial charge in [-0.15, -0.1) is 0 Å². The van der Waals surface area contributed by atoms with E-state index < -0.39 is 10.0 Å². The van der Waals surface area contributed by atoms with Gasteiger partial charge in [0.15, 0.2) is 0 Å². The van der Waals surface area contributed by atoms with E-state index in [0.29, 0.717) is 23.0 Å². The summed E-state index contributed by atoms with van der Waals surface area (Å²) in [5, 5.41) is 9.04. The van der Waals surface area contributed by atoms with E-state index in [9.17, 15) is 8.42 Å². The van der Waals surface area contributed by atoms with Crippen LogP contribution in [0.3, 0.4) is 0 Å². The predicted molar refractivity (Wildman–Crippen MR) is 82.9 cm³/mol. The Morgan fingerprint density at radius 3 is 2.67 bits per heavy atom. The highest BCUT2D eigenvalue weighted by molar-refractivity contribution is 7.88. The molecule has 1 saturated carbocycles. The van der Waals surface area contributed by atoms with Gasteiger partial charge in [0, 0.05) is 6.04 Å². The number of nitrogens with zero attached hydrogens (tertiary/aromatic N) is 1. The molecule has 1 aromatic rings. The van der Waals surface area contributed by atoms with Crippen molar-refractivity contribution in [1.29, 1.82) is 5.26 Å². The number of hydrogen-bond acceptors (Lipinski definition) is 3. The van der Waals surface area contributed by atoms with Crippen LogP contribution in [0.2, 0.25) is 0 Å². The normalized spacial score (nSPS) is 25.7. The van der Waals surface area contributed by atoms with Gasteiger partial charge in [-0.05, 0) is 36.3 Å². The van der Waals surface area contributed by atoms with Crippen LogP contribution in [-0.4, -0.2) is 14.5 Å². The Morgan fingerprint density at radius 1 is 1.33 bits per heavy atom. The predicted octanol–water partition coefficient (Wildman–Crippen LogP) is 2.80. The first-order valence-electron chi connectivity index (χ1n) is 7.45. The standard InChI is InChI=1S/C16H22N2O2S/c1-3-13-8-9-16(12(13)2)18-21(19,20)11-15-7-5-4-6-14(15)10-17/h4-7,12-13,16,18H,3,8-9,11H2,1-2H3. The Kier molecular flexibility index (Phi) is 5.02. The monoisotopic (exact) mass is 306 g/mol. The number of nitriles is 1. The van der Waals surface area contributed by atoms with Gasteiger partial charge in [-0.25, -0.2) is 13.1 Å². The number of rotatable bonds is 5. The Hall–Kier alpha value is -1.38. The molecule has 1 aliphatic rings. The van der Waals surface area contributed by atoms with Crippen LogP contribution < -0.4 is 4.72 Å². The highest BCUT2D eigenvalue weighted by Crippen LogP contribution is 2.34. The molecular weight excluding hydrogens is 284 g/mol. The molecule has 0 amide bonds. The van der Waals surface area contributed by atoms with E-state index in [0.717, 1.165) is 19.3 Å². The van der Waals surface area contributed by atoms with Gasteiger partial charge in [-0.3, -0.25) is 0 Å². The first-order valence-corrected chi connectivity index (χ1v) is 9.10. The summed E-state index contributed by atoms with van der Waals surface area (Å²) in [6, 6.07) is 8.92. The van der Waals surface area contributed by atoms with Gasteiger partial charge >= 0.3 is 0 Å². The summed E-state index contributed by atoms with van der Waals surface area (Å²) in [6.07, 6.45) is 3.08. The molecule has 2 rings (SSSR count). The minimum absolute atomic E-state index is 0.0224. The first kappa shape index (κ1) is 16.0. The fourth-order valence-electron chi connectivity index (χ4n) is 3.22. The smallest absolute Gasteiger partial charge is 0.212 e. The molecule has 4 nitrogen and oxygen atoms in total. The topological polar surface area (TPSA) is 70.0 Å². The third kappa shape index (κ3) is 3.84. The van der Waals surface area contributed by atoms with Crippen molar-refractivity contribution >= 4 is 10.0 Å². The minimum Gasteiger partial charge on any atom is -0.212 e. The maximum absolute atomic E-state index is 12.3. The van der Waals surface area contributed by atoms with E-state index in [-0.39, 0.29) is 11.8 Å². The maximum Gasteiger partial charge on any atom is 0.216 e. The van der Waals surface area contributed by atoms with Crippen molar-refractivity contribution in [2.75, 3.05) is 0 Å². The molecule has 1 aromatic carbocycles. The van der Waals surface area contributed by atoms with Crippen LogP contribution in [0, 0.1) is 23.2 Å². The molecule has 0 bridgehead atoms. The first-order chi connectivity index (χ1) is 9.96. The summed E-state index contributed by atoms with van der Waals surface area (Å²) in [5.41, 5.74) is 0.985. The minimum atomic E-state index is -3.42. The van der Waals surface area contributed by atoms with E-state index in [4.69, 9.17) is 5.26 Å². The van der Waals surface area contributed by atoms with Gasteiger partial charge in [0.05, 0.1) is 17.4 Å². The molecule has 1 fully saturated rings. The quantitative estimate of drug-likeness (QED) is 0.909. The molecule has 3 atom stereocenters. The van der Waals surface area contributed by atoms with Gasteiger partial charge < -0.3 is 0 Å². The molecule has 0 heterocycles. The Bertz CT molecular complexity index is 634. The average molecular weight is 306 g/mol. The van der Waals surface area contributed by atoms with Crippen LogP contribution in [0.25, 0.3) is 0 Å². The second-order valence-electron chi connectivity index (χ2n) is 5.86. The summed E-state index contributed by atoms with van der Waals surface area (Å²) >= 11 is 0. The largest absolute Gasteiger partial charge is 0.216 e. The molecule has 0 saturated heterocycles. The Labute approximate surface area is 127 Å². The second-order valence-corrected chi connectivity index (χ2v) is 7.61. The van der Waals surface area contributed by atoms with Crippen LogP contribution in [0.5, 0.6) is 0 Å². The highest BCUT2D eigenvalue weighted by atomic mass is 32.2. The summed E-state index contributed by atoms with van der Waals surface area (Å²) in [5.74, 6) is 0.844. The fraction of sp³-hybridized carbons (Fsp3) is 0.562. The van der Waals surface area contributed by atoms with Gasteiger partial charge in [0.2, 0.25) is 10.0 Å². The van der Waals surface area contributed by atoms with Crippen LogP contribution >= 0.6 is 0 Å². The van der Waals surface area contributed by atoms with Crippen LogP contribution in [0.15, 0.2) is 24.3 Å². The number of hydrogen-bond donors (Lipinski definition) is 1. The van der Waals surface area contributed by atoms with Crippen molar-refractivity contribution in [2.24, 2.45) is 11.8 Å². The zero-order chi connectivity index (χ0) is 15.5. The van der Waals surface area contributed by atoms with Crippen molar-refractivity contribution < 1.29 is 8.42 Å². The van der Waals surface area contributed by atoms with Crippen LogP contribution in [0.1, 0.15) is 44.2 Å². The lowest BCUT2D eigenvalue weighted by molar-refractivity contribution is 0.368. The molecule has 1 N–H and O–H groups in total. The van der Waals surface area contributed by atoms with Gasteiger partial charge in [0.1, 0.15) is 0 Å². The molecule has 0 radical (unpaired) electrons. The summed E-state index contributed by atoms with van der Waals surface area (Å²) < 4.78 is 27.5. The van der Waals surface area contributed by atoms with Crippen molar-refractivity contribution in [2.45, 2.75) is 44.9 Å². The van der Waals surface area contributed by atoms with Gasteiger partial charge in [-0.2, -0.15) is 5.26 Å². The number of nitrogens with one attached hydrogen (secondary N) is 1.